The van der Waals surface area contributed by atoms with Crippen LogP contribution in [-0.4, -0.2) is 46.7 Å². The molecule has 0 amide bonds. The highest BCUT2D eigenvalue weighted by atomic mass is 16.5. The van der Waals surface area contributed by atoms with Gasteiger partial charge in [0.1, 0.15) is 0 Å². The molecule has 7 nitrogen and oxygen atoms in total. The van der Waals surface area contributed by atoms with Crippen molar-refractivity contribution in [1.82, 2.24) is 9.97 Å². The highest BCUT2D eigenvalue weighted by Crippen LogP contribution is 2.24. The fourth-order valence-corrected chi connectivity index (χ4v) is 2.86. The first-order valence-corrected chi connectivity index (χ1v) is 7.73. The Morgan fingerprint density at radius 3 is 3.04 bits per heavy atom. The molecule has 1 unspecified atom stereocenters. The molecule has 122 valence electrons. The van der Waals surface area contributed by atoms with Gasteiger partial charge >= 0.3 is 11.9 Å². The summed E-state index contributed by atoms with van der Waals surface area (Å²) in [6, 6.07) is 5.16. The number of carboxylic acid groups (broad SMARTS) is 1. The first-order chi connectivity index (χ1) is 11.1. The molecule has 23 heavy (non-hydrogen) atoms. The number of anilines is 1. The van der Waals surface area contributed by atoms with Crippen LogP contribution in [0.25, 0.3) is 11.0 Å². The Kier molecular flexibility index (Phi) is 4.18. The third kappa shape index (κ3) is 3.13. The summed E-state index contributed by atoms with van der Waals surface area (Å²) in [6.07, 6.45) is 1.52. The molecule has 2 aromatic rings. The lowest BCUT2D eigenvalue weighted by atomic mass is 9.99. The monoisotopic (exact) mass is 317 g/mol. The molecule has 1 aliphatic rings. The summed E-state index contributed by atoms with van der Waals surface area (Å²) in [7, 11) is 0. The number of esters is 1. The van der Waals surface area contributed by atoms with Crippen LogP contribution in [0.4, 0.5) is 5.95 Å². The minimum absolute atomic E-state index is 0.329. The highest BCUT2D eigenvalue weighted by molar-refractivity contribution is 5.94. The van der Waals surface area contributed by atoms with Gasteiger partial charge in [0, 0.05) is 13.1 Å². The lowest BCUT2D eigenvalue weighted by Gasteiger charge is -2.30. The van der Waals surface area contributed by atoms with Crippen molar-refractivity contribution in [2.75, 3.05) is 24.6 Å². The predicted molar refractivity (Wildman–Crippen MR) is 84.6 cm³/mol. The summed E-state index contributed by atoms with van der Waals surface area (Å²) in [5.74, 6) is -0.858. The largest absolute Gasteiger partial charge is 0.481 e. The van der Waals surface area contributed by atoms with Gasteiger partial charge in [-0.2, -0.15) is 0 Å². The molecule has 1 atom stereocenters. The molecule has 1 aromatic carbocycles. The number of hydrogen-bond acceptors (Lipinski definition) is 5. The van der Waals surface area contributed by atoms with Crippen LogP contribution in [0.5, 0.6) is 0 Å². The number of carbonyl (C=O) groups is 2. The standard InChI is InChI=1S/C16H19N3O4/c1-2-23-15(22)10-5-6-12-13(8-10)18-16(17-12)19-7-3-4-11(9-19)14(20)21/h5-6,8,11H,2-4,7,9H2,1H3,(H,17,18)(H,20,21). The molecule has 1 aliphatic heterocycles. The predicted octanol–water partition coefficient (Wildman–Crippen LogP) is 2.04. The molecular weight excluding hydrogens is 298 g/mol. The molecule has 1 aromatic heterocycles. The molecule has 7 heteroatoms. The van der Waals surface area contributed by atoms with Crippen molar-refractivity contribution >= 4 is 28.9 Å². The summed E-state index contributed by atoms with van der Waals surface area (Å²) >= 11 is 0. The number of nitrogens with one attached hydrogen (secondary N) is 1. The van der Waals surface area contributed by atoms with Gasteiger partial charge in [-0.15, -0.1) is 0 Å². The van der Waals surface area contributed by atoms with E-state index in [2.05, 4.69) is 9.97 Å². The van der Waals surface area contributed by atoms with Crippen LogP contribution in [0.15, 0.2) is 18.2 Å². The molecule has 0 saturated carbocycles. The van der Waals surface area contributed by atoms with E-state index in [4.69, 9.17) is 4.74 Å². The highest BCUT2D eigenvalue weighted by Gasteiger charge is 2.27. The average Bonchev–Trinajstić information content (AvgIpc) is 2.98. The average molecular weight is 317 g/mol. The summed E-state index contributed by atoms with van der Waals surface area (Å²) < 4.78 is 4.99. The van der Waals surface area contributed by atoms with E-state index < -0.39 is 5.97 Å². The number of benzene rings is 1. The van der Waals surface area contributed by atoms with E-state index in [1.165, 1.54) is 0 Å². The van der Waals surface area contributed by atoms with Gasteiger partial charge < -0.3 is 19.7 Å². The van der Waals surface area contributed by atoms with Crippen molar-refractivity contribution < 1.29 is 19.4 Å². The molecule has 1 fully saturated rings. The number of carbonyl (C=O) groups excluding carboxylic acids is 1. The number of ether oxygens (including phenoxy) is 1. The smallest absolute Gasteiger partial charge is 0.338 e. The van der Waals surface area contributed by atoms with Crippen molar-refractivity contribution in [3.05, 3.63) is 23.8 Å². The molecule has 3 rings (SSSR count). The Bertz CT molecular complexity index is 740. The minimum atomic E-state index is -0.768. The second-order valence-corrected chi connectivity index (χ2v) is 5.64. The van der Waals surface area contributed by atoms with Crippen LogP contribution in [0.3, 0.4) is 0 Å². The number of piperidine rings is 1. The van der Waals surface area contributed by atoms with E-state index in [0.29, 0.717) is 31.1 Å². The molecule has 1 saturated heterocycles. The fourth-order valence-electron chi connectivity index (χ4n) is 2.86. The maximum absolute atomic E-state index is 11.8. The summed E-state index contributed by atoms with van der Waals surface area (Å²) in [5, 5.41) is 9.18. The Balaban J connectivity index is 1.85. The van der Waals surface area contributed by atoms with Crippen molar-refractivity contribution in [2.45, 2.75) is 19.8 Å². The number of nitrogens with zero attached hydrogens (tertiary/aromatic N) is 2. The van der Waals surface area contributed by atoms with E-state index in [9.17, 15) is 14.7 Å². The van der Waals surface area contributed by atoms with Crippen molar-refractivity contribution in [3.63, 3.8) is 0 Å². The lowest BCUT2D eigenvalue weighted by molar-refractivity contribution is -0.141. The zero-order chi connectivity index (χ0) is 16.4. The van der Waals surface area contributed by atoms with Crippen LogP contribution in [0, 0.1) is 5.92 Å². The van der Waals surface area contributed by atoms with Crippen LogP contribution in [0.2, 0.25) is 0 Å². The second kappa shape index (κ2) is 6.28. The topological polar surface area (TPSA) is 95.5 Å². The molecule has 2 heterocycles. The van der Waals surface area contributed by atoms with Crippen molar-refractivity contribution in [1.29, 1.82) is 0 Å². The van der Waals surface area contributed by atoms with Crippen LogP contribution < -0.4 is 4.90 Å². The normalized spacial score (nSPS) is 18.1. The Morgan fingerprint density at radius 2 is 2.30 bits per heavy atom. The number of H-pyrrole nitrogens is 1. The number of aliphatic carboxylic acids is 1. The van der Waals surface area contributed by atoms with Crippen LogP contribution in [-0.2, 0) is 9.53 Å². The summed E-state index contributed by atoms with van der Waals surface area (Å²) in [4.78, 5) is 32.6. The van der Waals surface area contributed by atoms with Gasteiger partial charge in [0.25, 0.3) is 0 Å². The number of imidazole rings is 1. The molecule has 0 bridgehead atoms. The SMILES string of the molecule is CCOC(=O)c1ccc2nc(N3CCCC(C(=O)O)C3)[nH]c2c1. The van der Waals surface area contributed by atoms with Crippen LogP contribution in [0.1, 0.15) is 30.1 Å². The molecule has 0 radical (unpaired) electrons. The zero-order valence-electron chi connectivity index (χ0n) is 12.9. The fraction of sp³-hybridized carbons (Fsp3) is 0.438. The quantitative estimate of drug-likeness (QED) is 0.838. The van der Waals surface area contributed by atoms with Crippen molar-refractivity contribution in [2.24, 2.45) is 5.92 Å². The number of rotatable bonds is 4. The van der Waals surface area contributed by atoms with Gasteiger partial charge in [-0.25, -0.2) is 9.78 Å². The minimum Gasteiger partial charge on any atom is -0.481 e. The first-order valence-electron chi connectivity index (χ1n) is 7.73. The number of carboxylic acids is 1. The third-order valence-electron chi connectivity index (χ3n) is 4.05. The molecule has 0 spiro atoms. The van der Waals surface area contributed by atoms with Gasteiger partial charge in [0.2, 0.25) is 5.95 Å². The Hall–Kier alpha value is -2.57. The Labute approximate surface area is 133 Å². The van der Waals surface area contributed by atoms with E-state index in [-0.39, 0.29) is 11.9 Å². The summed E-state index contributed by atoms with van der Waals surface area (Å²) in [5.41, 5.74) is 1.95. The van der Waals surface area contributed by atoms with E-state index >= 15 is 0 Å². The van der Waals surface area contributed by atoms with Crippen LogP contribution >= 0.6 is 0 Å². The van der Waals surface area contributed by atoms with Gasteiger partial charge in [0.15, 0.2) is 0 Å². The zero-order valence-corrected chi connectivity index (χ0v) is 12.9. The number of fused-ring (bicyclic) bond motifs is 1. The van der Waals surface area contributed by atoms with Gasteiger partial charge in [-0.1, -0.05) is 0 Å². The summed E-state index contributed by atoms with van der Waals surface area (Å²) in [6.45, 7) is 3.31. The van der Waals surface area contributed by atoms with E-state index in [1.54, 1.807) is 25.1 Å². The van der Waals surface area contributed by atoms with E-state index in [0.717, 1.165) is 24.0 Å². The molecule has 2 N–H and O–H groups in total. The van der Waals surface area contributed by atoms with Gasteiger partial charge in [-0.05, 0) is 38.0 Å². The lowest BCUT2D eigenvalue weighted by Crippen LogP contribution is -2.39. The number of aromatic amines is 1. The van der Waals surface area contributed by atoms with Gasteiger partial charge in [-0.3, -0.25) is 4.79 Å². The second-order valence-electron chi connectivity index (χ2n) is 5.64. The van der Waals surface area contributed by atoms with E-state index in [1.807, 2.05) is 4.90 Å². The maximum Gasteiger partial charge on any atom is 0.338 e. The number of hydrogen-bond donors (Lipinski definition) is 2. The maximum atomic E-state index is 11.8. The third-order valence-corrected chi connectivity index (χ3v) is 4.05. The molecule has 0 aliphatic carbocycles. The van der Waals surface area contributed by atoms with Crippen molar-refractivity contribution in [3.8, 4) is 0 Å². The first kappa shape index (κ1) is 15.3. The molecular formula is C16H19N3O4. The van der Waals surface area contributed by atoms with Gasteiger partial charge in [0.05, 0.1) is 29.1 Å². The Morgan fingerprint density at radius 1 is 1.48 bits per heavy atom. The number of aromatic nitrogens is 2.